The van der Waals surface area contributed by atoms with E-state index in [9.17, 15) is 24.5 Å². The number of ether oxygens (including phenoxy) is 1. The monoisotopic (exact) mass is 611 g/mol. The molecule has 4 aliphatic rings. The number of nitro groups is 1. The number of anilines is 1. The zero-order chi connectivity index (χ0) is 29.4. The van der Waals surface area contributed by atoms with Crippen LogP contribution >= 0.6 is 23.1 Å². The lowest BCUT2D eigenvalue weighted by Crippen LogP contribution is -2.42. The highest BCUT2D eigenvalue weighted by Gasteiger charge is 2.70. The molecule has 9 nitrogen and oxygen atoms in total. The standard InChI is InChI=1S/C32H25N3O6S2/c36-30-25-20-14-21(26(25)31(37)34(30)17-9-5-2-6-10-17)27-24(20)23(28-29(42-27)33-32(38)43-28)19-13-18(35(39)40)11-12-22(19)41-15-16-7-3-1-4-8-16/h1-13,20-21,23-27H,14-15H2,(H,33,38)/t20-,21-,23+,24+,25+,26+,27-/m1/s1. The Hall–Kier alpha value is -4.22. The minimum atomic E-state index is -0.466. The molecule has 1 saturated heterocycles. The van der Waals surface area contributed by atoms with Crippen molar-refractivity contribution in [3.8, 4) is 5.75 Å². The number of thiazole rings is 1. The Morgan fingerprint density at radius 1 is 0.930 bits per heavy atom. The highest BCUT2D eigenvalue weighted by atomic mass is 32.2. The average Bonchev–Trinajstić information content (AvgIpc) is 3.75. The zero-order valence-electron chi connectivity index (χ0n) is 22.6. The molecule has 8 rings (SSSR count). The molecule has 2 aliphatic heterocycles. The van der Waals surface area contributed by atoms with Gasteiger partial charge in [-0.2, -0.15) is 0 Å². The number of nitro benzene ring substituents is 1. The lowest BCUT2D eigenvalue weighted by atomic mass is 9.68. The minimum Gasteiger partial charge on any atom is -0.489 e. The number of imide groups is 1. The smallest absolute Gasteiger partial charge is 0.305 e. The third-order valence-electron chi connectivity index (χ3n) is 9.51. The van der Waals surface area contributed by atoms with Gasteiger partial charge in [-0.05, 0) is 47.9 Å². The van der Waals surface area contributed by atoms with Gasteiger partial charge in [-0.25, -0.2) is 0 Å². The van der Waals surface area contributed by atoms with Gasteiger partial charge in [0.05, 0.1) is 27.5 Å². The number of hydrogen-bond donors (Lipinski definition) is 1. The highest BCUT2D eigenvalue weighted by molar-refractivity contribution is 8.00. The van der Waals surface area contributed by atoms with Gasteiger partial charge in [0.15, 0.2) is 0 Å². The number of hydrogen-bond acceptors (Lipinski definition) is 8. The predicted molar refractivity (Wildman–Crippen MR) is 161 cm³/mol. The molecular formula is C32H25N3O6S2. The molecule has 2 amide bonds. The normalized spacial score (nSPS) is 28.5. The van der Waals surface area contributed by atoms with Gasteiger partial charge >= 0.3 is 4.87 Å². The van der Waals surface area contributed by atoms with E-state index in [0.29, 0.717) is 17.0 Å². The first-order valence-corrected chi connectivity index (χ1v) is 15.9. The first-order chi connectivity index (χ1) is 20.9. The molecule has 3 heterocycles. The van der Waals surface area contributed by atoms with Gasteiger partial charge in [-0.3, -0.25) is 29.4 Å². The van der Waals surface area contributed by atoms with Gasteiger partial charge in [-0.1, -0.05) is 59.9 Å². The molecule has 3 fully saturated rings. The molecule has 3 aromatic carbocycles. The fourth-order valence-corrected chi connectivity index (χ4v) is 10.8. The van der Waals surface area contributed by atoms with Gasteiger partial charge in [0, 0.05) is 33.7 Å². The number of rotatable bonds is 6. The Morgan fingerprint density at radius 2 is 1.63 bits per heavy atom. The van der Waals surface area contributed by atoms with Gasteiger partial charge in [0.25, 0.3) is 5.69 Å². The summed E-state index contributed by atoms with van der Waals surface area (Å²) in [5, 5.41) is 12.6. The summed E-state index contributed by atoms with van der Waals surface area (Å²) < 4.78 is 6.32. The topological polar surface area (TPSA) is 123 Å². The maximum absolute atomic E-state index is 14.0. The van der Waals surface area contributed by atoms with Crippen LogP contribution in [-0.4, -0.2) is 27.0 Å². The van der Waals surface area contributed by atoms with E-state index in [-0.39, 0.29) is 52.0 Å². The summed E-state index contributed by atoms with van der Waals surface area (Å²) in [6, 6.07) is 23.4. The zero-order valence-corrected chi connectivity index (χ0v) is 24.3. The van der Waals surface area contributed by atoms with Crippen LogP contribution in [0.15, 0.2) is 88.7 Å². The van der Waals surface area contributed by atoms with Gasteiger partial charge in [0.2, 0.25) is 11.8 Å². The van der Waals surface area contributed by atoms with Crippen LogP contribution in [0.1, 0.15) is 28.3 Å². The number of nitrogens with zero attached hydrogens (tertiary/aromatic N) is 2. The quantitative estimate of drug-likeness (QED) is 0.171. The summed E-state index contributed by atoms with van der Waals surface area (Å²) in [5.74, 6) is -1.39. The lowest BCUT2D eigenvalue weighted by Gasteiger charge is -2.43. The molecule has 11 heteroatoms. The van der Waals surface area contributed by atoms with E-state index < -0.39 is 22.7 Å². The van der Waals surface area contributed by atoms with Crippen molar-refractivity contribution in [3.05, 3.63) is 115 Å². The number of para-hydroxylation sites is 1. The van der Waals surface area contributed by atoms with E-state index in [0.717, 1.165) is 33.2 Å². The molecule has 4 aromatic rings. The largest absolute Gasteiger partial charge is 0.489 e. The Kier molecular flexibility index (Phi) is 6.09. The van der Waals surface area contributed by atoms with Crippen LogP contribution in [0.3, 0.4) is 0 Å². The van der Waals surface area contributed by atoms with Crippen LogP contribution in [0.25, 0.3) is 0 Å². The molecule has 2 saturated carbocycles. The second-order valence-electron chi connectivity index (χ2n) is 11.6. The number of aromatic nitrogens is 1. The molecule has 2 aliphatic carbocycles. The Labute approximate surface area is 254 Å². The number of aromatic amines is 1. The van der Waals surface area contributed by atoms with Crippen LogP contribution in [-0.2, 0) is 16.2 Å². The maximum atomic E-state index is 14.0. The van der Waals surface area contributed by atoms with Gasteiger partial charge < -0.3 is 9.72 Å². The predicted octanol–water partition coefficient (Wildman–Crippen LogP) is 5.60. The van der Waals surface area contributed by atoms with E-state index in [1.807, 2.05) is 48.5 Å². The summed E-state index contributed by atoms with van der Waals surface area (Å²) >= 11 is 2.70. The maximum Gasteiger partial charge on any atom is 0.305 e. The molecule has 7 atom stereocenters. The fourth-order valence-electron chi connectivity index (χ4n) is 7.96. The molecule has 0 radical (unpaired) electrons. The third-order valence-corrected chi connectivity index (χ3v) is 12.1. The van der Waals surface area contributed by atoms with E-state index in [4.69, 9.17) is 4.74 Å². The second kappa shape index (κ2) is 9.92. The molecule has 0 unspecified atom stereocenters. The third kappa shape index (κ3) is 4.01. The molecule has 43 heavy (non-hydrogen) atoms. The number of thioether (sulfide) groups is 1. The highest BCUT2D eigenvalue weighted by Crippen LogP contribution is 2.69. The van der Waals surface area contributed by atoms with E-state index in [1.165, 1.54) is 11.0 Å². The number of carbonyl (C=O) groups excluding carboxylic acids is 2. The van der Waals surface area contributed by atoms with Crippen molar-refractivity contribution in [2.45, 2.75) is 29.2 Å². The lowest BCUT2D eigenvalue weighted by molar-refractivity contribution is -0.385. The number of fused-ring (bicyclic) bond motifs is 9. The SMILES string of the molecule is O=C1[C@H]2[C@H]3C[C@@H]([C@@H]2C(=O)N1c1ccccc1)[C@H]1[C@H](c2cc([N+](=O)[O-])ccc2OCc2ccccc2)c2sc(=O)[nH]c2S[C@H]31. The molecule has 1 N–H and O–H groups in total. The molecule has 1 aromatic heterocycles. The van der Waals surface area contributed by atoms with E-state index in [2.05, 4.69) is 4.98 Å². The van der Waals surface area contributed by atoms with Crippen molar-refractivity contribution in [1.82, 2.24) is 4.98 Å². The number of carbonyl (C=O) groups is 2. The Balaban J connectivity index is 1.24. The van der Waals surface area contributed by atoms with Crippen LogP contribution in [0.2, 0.25) is 0 Å². The van der Waals surface area contributed by atoms with Crippen molar-refractivity contribution >= 4 is 46.3 Å². The number of nitrogens with one attached hydrogen (secondary N) is 1. The van der Waals surface area contributed by atoms with Crippen molar-refractivity contribution in [2.24, 2.45) is 29.6 Å². The number of H-pyrrole nitrogens is 1. The Morgan fingerprint density at radius 3 is 2.35 bits per heavy atom. The van der Waals surface area contributed by atoms with Crippen molar-refractivity contribution in [3.63, 3.8) is 0 Å². The van der Waals surface area contributed by atoms with Gasteiger partial charge in [-0.15, -0.1) is 11.8 Å². The van der Waals surface area contributed by atoms with Crippen LogP contribution in [0.5, 0.6) is 5.75 Å². The molecule has 0 spiro atoms. The minimum absolute atomic E-state index is 0.0392. The van der Waals surface area contributed by atoms with Crippen molar-refractivity contribution < 1.29 is 19.2 Å². The first-order valence-electron chi connectivity index (χ1n) is 14.2. The Bertz CT molecular complexity index is 1840. The molecule has 216 valence electrons. The van der Waals surface area contributed by atoms with Crippen LogP contribution < -0.4 is 14.5 Å². The number of benzene rings is 3. The average molecular weight is 612 g/mol. The molecular weight excluding hydrogens is 587 g/mol. The van der Waals surface area contributed by atoms with Gasteiger partial charge in [0.1, 0.15) is 12.4 Å². The van der Waals surface area contributed by atoms with Crippen LogP contribution in [0, 0.1) is 39.7 Å². The summed E-state index contributed by atoms with van der Waals surface area (Å²) in [6.45, 7) is 0.271. The summed E-state index contributed by atoms with van der Waals surface area (Å²) in [7, 11) is 0. The molecule has 2 bridgehead atoms. The summed E-state index contributed by atoms with van der Waals surface area (Å²) in [4.78, 5) is 56.9. The first kappa shape index (κ1) is 26.4. The second-order valence-corrected chi connectivity index (χ2v) is 13.8. The van der Waals surface area contributed by atoms with E-state index >= 15 is 0 Å². The fraction of sp³-hybridized carbons (Fsp3) is 0.281. The number of non-ortho nitro benzene ring substituents is 1. The van der Waals surface area contributed by atoms with Crippen molar-refractivity contribution in [2.75, 3.05) is 4.90 Å². The van der Waals surface area contributed by atoms with E-state index in [1.54, 1.807) is 36.0 Å². The summed E-state index contributed by atoms with van der Waals surface area (Å²) in [5.41, 5.74) is 2.11. The van der Waals surface area contributed by atoms with Crippen LogP contribution in [0.4, 0.5) is 11.4 Å². The van der Waals surface area contributed by atoms with Crippen molar-refractivity contribution in [1.29, 1.82) is 0 Å². The summed E-state index contributed by atoms with van der Waals surface area (Å²) in [6.07, 6.45) is 0.725. The number of amides is 2.